The SMILES string of the molecule is CCNC(=NCc1cccc(CN(C)CC)c1)N1CCC(C(=O)OCC)CC1.I. The van der Waals surface area contributed by atoms with Crippen molar-refractivity contribution in [3.63, 3.8) is 0 Å². The van der Waals surface area contributed by atoms with Crippen LogP contribution in [0.25, 0.3) is 0 Å². The summed E-state index contributed by atoms with van der Waals surface area (Å²) in [6.07, 6.45) is 1.64. The lowest BCUT2D eigenvalue weighted by molar-refractivity contribution is -0.149. The van der Waals surface area contributed by atoms with Crippen LogP contribution in [0.1, 0.15) is 44.7 Å². The van der Waals surface area contributed by atoms with Gasteiger partial charge in [0.15, 0.2) is 5.96 Å². The smallest absolute Gasteiger partial charge is 0.309 e. The normalized spacial score (nSPS) is 15.2. The van der Waals surface area contributed by atoms with Gasteiger partial charge in [-0.05, 0) is 51.4 Å². The van der Waals surface area contributed by atoms with Gasteiger partial charge in [-0.2, -0.15) is 0 Å². The largest absolute Gasteiger partial charge is 0.466 e. The topological polar surface area (TPSA) is 57.2 Å². The van der Waals surface area contributed by atoms with Crippen molar-refractivity contribution >= 4 is 35.9 Å². The van der Waals surface area contributed by atoms with Gasteiger partial charge in [0.25, 0.3) is 0 Å². The van der Waals surface area contributed by atoms with E-state index in [4.69, 9.17) is 9.73 Å². The van der Waals surface area contributed by atoms with Gasteiger partial charge in [0, 0.05) is 26.2 Å². The number of aliphatic imine (C=N–C) groups is 1. The minimum absolute atomic E-state index is 0. The van der Waals surface area contributed by atoms with E-state index in [0.29, 0.717) is 13.2 Å². The molecule has 1 saturated heterocycles. The van der Waals surface area contributed by atoms with Crippen molar-refractivity contribution in [3.05, 3.63) is 35.4 Å². The summed E-state index contributed by atoms with van der Waals surface area (Å²) >= 11 is 0. The molecule has 1 aromatic carbocycles. The van der Waals surface area contributed by atoms with E-state index in [0.717, 1.165) is 51.5 Å². The van der Waals surface area contributed by atoms with Crippen LogP contribution in [-0.2, 0) is 22.6 Å². The molecule has 29 heavy (non-hydrogen) atoms. The summed E-state index contributed by atoms with van der Waals surface area (Å²) in [6.45, 7) is 11.7. The zero-order valence-electron chi connectivity index (χ0n) is 18.3. The number of ether oxygens (including phenoxy) is 1. The Morgan fingerprint density at radius 2 is 1.93 bits per heavy atom. The Kier molecular flexibility index (Phi) is 12.2. The molecule has 1 N–H and O–H groups in total. The zero-order chi connectivity index (χ0) is 20.4. The van der Waals surface area contributed by atoms with Gasteiger partial charge >= 0.3 is 5.97 Å². The summed E-state index contributed by atoms with van der Waals surface area (Å²) in [7, 11) is 2.13. The number of hydrogen-bond donors (Lipinski definition) is 1. The predicted molar refractivity (Wildman–Crippen MR) is 130 cm³/mol. The lowest BCUT2D eigenvalue weighted by Crippen LogP contribution is -2.46. The van der Waals surface area contributed by atoms with Crippen molar-refractivity contribution in [1.29, 1.82) is 0 Å². The van der Waals surface area contributed by atoms with Gasteiger partial charge in [-0.3, -0.25) is 4.79 Å². The molecular weight excluding hydrogens is 479 g/mol. The third-order valence-electron chi connectivity index (χ3n) is 5.14. The number of hydrogen-bond acceptors (Lipinski definition) is 4. The molecule has 0 radical (unpaired) electrons. The molecule has 0 spiro atoms. The van der Waals surface area contributed by atoms with Gasteiger partial charge in [-0.1, -0.05) is 31.2 Å². The number of likely N-dealkylation sites (tertiary alicyclic amines) is 1. The lowest BCUT2D eigenvalue weighted by atomic mass is 9.97. The molecule has 164 valence electrons. The molecule has 0 atom stereocenters. The molecule has 1 heterocycles. The molecule has 0 amide bonds. The molecule has 1 aliphatic heterocycles. The second-order valence-electron chi connectivity index (χ2n) is 7.33. The lowest BCUT2D eigenvalue weighted by Gasteiger charge is -2.33. The predicted octanol–water partition coefficient (Wildman–Crippen LogP) is 3.50. The van der Waals surface area contributed by atoms with Crippen LogP contribution in [0.2, 0.25) is 0 Å². The van der Waals surface area contributed by atoms with Crippen molar-refractivity contribution in [1.82, 2.24) is 15.1 Å². The van der Waals surface area contributed by atoms with E-state index < -0.39 is 0 Å². The number of guanidine groups is 1. The number of carbonyl (C=O) groups is 1. The summed E-state index contributed by atoms with van der Waals surface area (Å²) in [5.74, 6) is 0.894. The van der Waals surface area contributed by atoms with E-state index in [2.05, 4.69) is 60.3 Å². The maximum Gasteiger partial charge on any atom is 0.309 e. The van der Waals surface area contributed by atoms with E-state index in [1.165, 1.54) is 11.1 Å². The highest BCUT2D eigenvalue weighted by Gasteiger charge is 2.27. The fraction of sp³-hybridized carbons (Fsp3) is 0.636. The third kappa shape index (κ3) is 8.50. The summed E-state index contributed by atoms with van der Waals surface area (Å²) in [5.41, 5.74) is 2.54. The zero-order valence-corrected chi connectivity index (χ0v) is 20.6. The Hall–Kier alpha value is -1.35. The highest BCUT2D eigenvalue weighted by molar-refractivity contribution is 14.0. The van der Waals surface area contributed by atoms with Crippen LogP contribution in [0.5, 0.6) is 0 Å². The molecular formula is C22H37IN4O2. The van der Waals surface area contributed by atoms with Crippen molar-refractivity contribution in [2.45, 2.75) is 46.7 Å². The van der Waals surface area contributed by atoms with Crippen molar-refractivity contribution in [2.24, 2.45) is 10.9 Å². The van der Waals surface area contributed by atoms with Gasteiger partial charge in [0.1, 0.15) is 0 Å². The van der Waals surface area contributed by atoms with Crippen LogP contribution in [0.15, 0.2) is 29.3 Å². The van der Waals surface area contributed by atoms with Gasteiger partial charge in [-0.15, -0.1) is 24.0 Å². The Bertz CT molecular complexity index is 645. The van der Waals surface area contributed by atoms with E-state index in [9.17, 15) is 4.79 Å². The van der Waals surface area contributed by atoms with Gasteiger partial charge in [-0.25, -0.2) is 4.99 Å². The van der Waals surface area contributed by atoms with Crippen LogP contribution in [-0.4, -0.2) is 61.6 Å². The Labute approximate surface area is 193 Å². The first-order valence-electron chi connectivity index (χ1n) is 10.5. The fourth-order valence-electron chi connectivity index (χ4n) is 3.43. The first-order chi connectivity index (χ1) is 13.6. The monoisotopic (exact) mass is 516 g/mol. The number of piperidine rings is 1. The van der Waals surface area contributed by atoms with Crippen molar-refractivity contribution in [2.75, 3.05) is 39.8 Å². The molecule has 2 rings (SSSR count). The fourth-order valence-corrected chi connectivity index (χ4v) is 3.43. The molecule has 1 aromatic rings. The Morgan fingerprint density at radius 1 is 1.24 bits per heavy atom. The number of nitrogens with one attached hydrogen (secondary N) is 1. The maximum absolute atomic E-state index is 12.0. The average Bonchev–Trinajstić information content (AvgIpc) is 2.71. The first kappa shape index (κ1) is 25.7. The number of benzene rings is 1. The van der Waals surface area contributed by atoms with Gasteiger partial charge in [0.2, 0.25) is 0 Å². The van der Waals surface area contributed by atoms with Gasteiger partial charge in [0.05, 0.1) is 19.1 Å². The second-order valence-corrected chi connectivity index (χ2v) is 7.33. The van der Waals surface area contributed by atoms with Crippen LogP contribution in [0, 0.1) is 5.92 Å². The molecule has 0 aromatic heterocycles. The highest BCUT2D eigenvalue weighted by Crippen LogP contribution is 2.19. The molecule has 0 aliphatic carbocycles. The average molecular weight is 516 g/mol. The molecule has 0 unspecified atom stereocenters. The Balaban J connectivity index is 0.00000420. The second kappa shape index (κ2) is 13.8. The van der Waals surface area contributed by atoms with Gasteiger partial charge < -0.3 is 19.9 Å². The number of halogens is 1. The minimum atomic E-state index is -0.0575. The standard InChI is InChI=1S/C22H36N4O2.HI/c1-5-23-22(26-13-11-20(12-14-26)21(27)28-7-3)24-16-18-9-8-10-19(15-18)17-25(4)6-2;/h8-10,15,20H,5-7,11-14,16-17H2,1-4H3,(H,23,24);1H. The molecule has 0 saturated carbocycles. The van der Waals surface area contributed by atoms with Crippen LogP contribution >= 0.6 is 24.0 Å². The summed E-state index contributed by atoms with van der Waals surface area (Å²) in [6, 6.07) is 8.66. The minimum Gasteiger partial charge on any atom is -0.466 e. The quantitative estimate of drug-likeness (QED) is 0.248. The van der Waals surface area contributed by atoms with Crippen LogP contribution < -0.4 is 5.32 Å². The van der Waals surface area contributed by atoms with E-state index in [1.54, 1.807) is 0 Å². The van der Waals surface area contributed by atoms with E-state index in [-0.39, 0.29) is 35.9 Å². The van der Waals surface area contributed by atoms with E-state index >= 15 is 0 Å². The van der Waals surface area contributed by atoms with Crippen molar-refractivity contribution < 1.29 is 9.53 Å². The highest BCUT2D eigenvalue weighted by atomic mass is 127. The summed E-state index contributed by atoms with van der Waals surface area (Å²) in [4.78, 5) is 21.4. The molecule has 1 aliphatic rings. The molecule has 6 nitrogen and oxygen atoms in total. The Morgan fingerprint density at radius 3 is 2.55 bits per heavy atom. The number of carbonyl (C=O) groups excluding carboxylic acids is 1. The number of nitrogens with zero attached hydrogens (tertiary/aromatic N) is 3. The number of esters is 1. The first-order valence-corrected chi connectivity index (χ1v) is 10.5. The molecule has 0 bridgehead atoms. The summed E-state index contributed by atoms with van der Waals surface area (Å²) in [5, 5.41) is 3.40. The van der Waals surface area contributed by atoms with E-state index in [1.807, 2.05) is 6.92 Å². The maximum atomic E-state index is 12.0. The number of rotatable bonds is 8. The van der Waals surface area contributed by atoms with Crippen molar-refractivity contribution in [3.8, 4) is 0 Å². The molecule has 1 fully saturated rings. The summed E-state index contributed by atoms with van der Waals surface area (Å²) < 4.78 is 5.17. The van der Waals surface area contributed by atoms with Crippen LogP contribution in [0.3, 0.4) is 0 Å². The molecule has 7 heteroatoms. The van der Waals surface area contributed by atoms with Crippen LogP contribution in [0.4, 0.5) is 0 Å². The third-order valence-corrected chi connectivity index (χ3v) is 5.14.